The lowest BCUT2D eigenvalue weighted by molar-refractivity contribution is 0.102. The van der Waals surface area contributed by atoms with Crippen molar-refractivity contribution < 1.29 is 14.2 Å². The maximum atomic E-state index is 5.58. The van der Waals surface area contributed by atoms with E-state index in [0.717, 1.165) is 24.6 Å². The Morgan fingerprint density at radius 1 is 0.818 bits per heavy atom. The molecule has 0 saturated heterocycles. The zero-order chi connectivity index (χ0) is 15.5. The van der Waals surface area contributed by atoms with Crippen molar-refractivity contribution in [1.29, 1.82) is 0 Å². The first-order valence-corrected chi connectivity index (χ1v) is 7.48. The molecule has 0 unspecified atom stereocenters. The molecule has 0 heterocycles. The van der Waals surface area contributed by atoms with Crippen molar-refractivity contribution in [2.24, 2.45) is 0 Å². The summed E-state index contributed by atoms with van der Waals surface area (Å²) >= 11 is 0. The van der Waals surface area contributed by atoms with E-state index in [0.29, 0.717) is 19.8 Å². The van der Waals surface area contributed by atoms with Crippen molar-refractivity contribution in [3.8, 4) is 11.5 Å². The fourth-order valence-corrected chi connectivity index (χ4v) is 1.97. The summed E-state index contributed by atoms with van der Waals surface area (Å²) in [5, 5.41) is 3.34. The van der Waals surface area contributed by atoms with Crippen molar-refractivity contribution >= 4 is 0 Å². The summed E-state index contributed by atoms with van der Waals surface area (Å²) in [6.07, 6.45) is 0. The molecule has 0 atom stereocenters. The summed E-state index contributed by atoms with van der Waals surface area (Å²) in [5.41, 5.74) is 1.28. The number of hydrogen-bond donors (Lipinski definition) is 1. The number of methoxy groups -OCH3 is 1. The van der Waals surface area contributed by atoms with E-state index in [2.05, 4.69) is 17.4 Å². The minimum atomic E-state index is 0.547. The number of ether oxygens (including phenoxy) is 3. The fraction of sp³-hybridized carbons (Fsp3) is 0.333. The molecule has 0 amide bonds. The van der Waals surface area contributed by atoms with Gasteiger partial charge < -0.3 is 19.5 Å². The lowest BCUT2D eigenvalue weighted by Crippen LogP contribution is -2.20. The van der Waals surface area contributed by atoms with Crippen LogP contribution < -0.4 is 14.8 Å². The van der Waals surface area contributed by atoms with Gasteiger partial charge in [0.15, 0.2) is 0 Å². The molecule has 2 rings (SSSR count). The topological polar surface area (TPSA) is 39.7 Å². The van der Waals surface area contributed by atoms with Crippen molar-refractivity contribution in [3.63, 3.8) is 0 Å². The van der Waals surface area contributed by atoms with Gasteiger partial charge in [0.2, 0.25) is 0 Å². The predicted molar refractivity (Wildman–Crippen MR) is 87.5 cm³/mol. The highest BCUT2D eigenvalue weighted by atomic mass is 16.5. The lowest BCUT2D eigenvalue weighted by Gasteiger charge is -2.08. The number of rotatable bonds is 10. The first kappa shape index (κ1) is 16.3. The lowest BCUT2D eigenvalue weighted by atomic mass is 10.2. The van der Waals surface area contributed by atoms with Crippen LogP contribution in [0.5, 0.6) is 11.5 Å². The van der Waals surface area contributed by atoms with E-state index in [1.807, 2.05) is 42.5 Å². The van der Waals surface area contributed by atoms with E-state index in [1.54, 1.807) is 7.11 Å². The van der Waals surface area contributed by atoms with Crippen LogP contribution in [0, 0.1) is 0 Å². The number of hydrogen-bond acceptors (Lipinski definition) is 4. The second kappa shape index (κ2) is 9.82. The number of nitrogens with one attached hydrogen (secondary N) is 1. The molecule has 118 valence electrons. The summed E-state index contributed by atoms with van der Waals surface area (Å²) in [5.74, 6) is 1.65. The third-order valence-corrected chi connectivity index (χ3v) is 3.15. The fourth-order valence-electron chi connectivity index (χ4n) is 1.97. The Morgan fingerprint density at radius 3 is 2.27 bits per heavy atom. The summed E-state index contributed by atoms with van der Waals surface area (Å²) in [4.78, 5) is 0. The molecule has 2 aromatic carbocycles. The molecule has 4 nitrogen and oxygen atoms in total. The zero-order valence-electron chi connectivity index (χ0n) is 13.0. The summed E-state index contributed by atoms with van der Waals surface area (Å²) in [6.45, 7) is 3.51. The van der Waals surface area contributed by atoms with E-state index in [4.69, 9.17) is 14.2 Å². The Kier molecular flexibility index (Phi) is 7.29. The first-order valence-electron chi connectivity index (χ1n) is 7.48. The Hall–Kier alpha value is -2.04. The van der Waals surface area contributed by atoms with Crippen LogP contribution in [0.25, 0.3) is 0 Å². The van der Waals surface area contributed by atoms with Gasteiger partial charge in [-0.25, -0.2) is 0 Å². The molecule has 22 heavy (non-hydrogen) atoms. The third-order valence-electron chi connectivity index (χ3n) is 3.15. The molecule has 4 heteroatoms. The van der Waals surface area contributed by atoms with Gasteiger partial charge in [0.1, 0.15) is 18.1 Å². The largest absolute Gasteiger partial charge is 0.497 e. The predicted octanol–water partition coefficient (Wildman–Crippen LogP) is 2.88. The average Bonchev–Trinajstić information content (AvgIpc) is 2.59. The molecule has 0 saturated carbocycles. The molecule has 0 aliphatic rings. The van der Waals surface area contributed by atoms with Gasteiger partial charge in [0, 0.05) is 13.1 Å². The van der Waals surface area contributed by atoms with Crippen LogP contribution in [-0.4, -0.2) is 33.5 Å². The molecule has 1 N–H and O–H groups in total. The van der Waals surface area contributed by atoms with Crippen LogP contribution >= 0.6 is 0 Å². The Labute approximate surface area is 132 Å². The zero-order valence-corrected chi connectivity index (χ0v) is 13.0. The Balaban J connectivity index is 1.47. The van der Waals surface area contributed by atoms with Crippen molar-refractivity contribution in [2.75, 3.05) is 33.5 Å². The van der Waals surface area contributed by atoms with Crippen LogP contribution in [0.1, 0.15) is 5.56 Å². The molecule has 0 aromatic heterocycles. The van der Waals surface area contributed by atoms with E-state index in [9.17, 15) is 0 Å². The van der Waals surface area contributed by atoms with Gasteiger partial charge in [0.25, 0.3) is 0 Å². The molecule has 0 spiro atoms. The maximum Gasteiger partial charge on any atom is 0.119 e. The van der Waals surface area contributed by atoms with E-state index < -0.39 is 0 Å². The van der Waals surface area contributed by atoms with Gasteiger partial charge in [0.05, 0.1) is 20.3 Å². The standard InChI is InChI=1S/C18H23NO3/c1-20-17-7-9-18(10-8-17)22-14-13-21-12-11-19-15-16-5-3-2-4-6-16/h2-10,19H,11-15H2,1H3. The third kappa shape index (κ3) is 6.16. The van der Waals surface area contributed by atoms with Crippen molar-refractivity contribution in [1.82, 2.24) is 5.32 Å². The Morgan fingerprint density at radius 2 is 1.55 bits per heavy atom. The van der Waals surface area contributed by atoms with Gasteiger partial charge >= 0.3 is 0 Å². The Bertz CT molecular complexity index is 514. The van der Waals surface area contributed by atoms with E-state index in [1.165, 1.54) is 5.56 Å². The summed E-state index contributed by atoms with van der Waals surface area (Å²) in [7, 11) is 1.65. The minimum Gasteiger partial charge on any atom is -0.497 e. The van der Waals surface area contributed by atoms with Crippen LogP contribution in [0.2, 0.25) is 0 Å². The monoisotopic (exact) mass is 301 g/mol. The molecular formula is C18H23NO3. The highest BCUT2D eigenvalue weighted by molar-refractivity contribution is 5.31. The van der Waals surface area contributed by atoms with Gasteiger partial charge in [-0.1, -0.05) is 30.3 Å². The molecule has 0 bridgehead atoms. The second-order valence-electron chi connectivity index (χ2n) is 4.80. The number of benzene rings is 2. The SMILES string of the molecule is COc1ccc(OCCOCCNCc2ccccc2)cc1. The summed E-state index contributed by atoms with van der Waals surface area (Å²) in [6, 6.07) is 17.9. The normalized spacial score (nSPS) is 10.4. The van der Waals surface area contributed by atoms with Gasteiger partial charge in [-0.3, -0.25) is 0 Å². The maximum absolute atomic E-state index is 5.58. The molecule has 0 aliphatic heterocycles. The first-order chi connectivity index (χ1) is 10.9. The quantitative estimate of drug-likeness (QED) is 0.685. The molecule has 0 fully saturated rings. The van der Waals surface area contributed by atoms with Crippen molar-refractivity contribution in [3.05, 3.63) is 60.2 Å². The molecule has 0 radical (unpaired) electrons. The van der Waals surface area contributed by atoms with Crippen LogP contribution in [0.4, 0.5) is 0 Å². The van der Waals surface area contributed by atoms with Crippen molar-refractivity contribution in [2.45, 2.75) is 6.54 Å². The van der Waals surface area contributed by atoms with E-state index >= 15 is 0 Å². The van der Waals surface area contributed by atoms with Gasteiger partial charge in [-0.15, -0.1) is 0 Å². The molecule has 0 aliphatic carbocycles. The summed E-state index contributed by atoms with van der Waals surface area (Å²) < 4.78 is 16.2. The van der Waals surface area contributed by atoms with Gasteiger partial charge in [-0.2, -0.15) is 0 Å². The van der Waals surface area contributed by atoms with Crippen LogP contribution in [0.3, 0.4) is 0 Å². The second-order valence-corrected chi connectivity index (χ2v) is 4.80. The average molecular weight is 301 g/mol. The van der Waals surface area contributed by atoms with Crippen LogP contribution in [0.15, 0.2) is 54.6 Å². The van der Waals surface area contributed by atoms with Gasteiger partial charge in [-0.05, 0) is 29.8 Å². The highest BCUT2D eigenvalue weighted by Gasteiger charge is 1.96. The van der Waals surface area contributed by atoms with Crippen LogP contribution in [-0.2, 0) is 11.3 Å². The smallest absolute Gasteiger partial charge is 0.119 e. The highest BCUT2D eigenvalue weighted by Crippen LogP contribution is 2.16. The minimum absolute atomic E-state index is 0.547. The molecular weight excluding hydrogens is 278 g/mol. The molecule has 2 aromatic rings. The van der Waals surface area contributed by atoms with E-state index in [-0.39, 0.29) is 0 Å².